The molecule has 0 saturated carbocycles. The zero-order valence-corrected chi connectivity index (χ0v) is 13.8. The molecule has 3 nitrogen and oxygen atoms in total. The molecule has 3 rings (SSSR count). The normalized spacial score (nSPS) is 14.6. The molecule has 0 amide bonds. The number of anilines is 1. The molecule has 1 N–H and O–H groups in total. The molecule has 4 heteroatoms. The maximum Gasteiger partial charge on any atom is 0.129 e. The third-order valence-corrected chi connectivity index (χ3v) is 5.04. The first-order chi connectivity index (χ1) is 10.1. The van der Waals surface area contributed by atoms with Crippen molar-refractivity contribution < 1.29 is 0 Å². The molecule has 0 aliphatic carbocycles. The Hall–Kier alpha value is -1.39. The van der Waals surface area contributed by atoms with Crippen LogP contribution in [0.3, 0.4) is 0 Å². The summed E-state index contributed by atoms with van der Waals surface area (Å²) in [6.07, 6.45) is 1.14. The van der Waals surface area contributed by atoms with E-state index in [-0.39, 0.29) is 0 Å². The number of hydrogen-bond donors (Lipinski definition) is 1. The number of aryl methyl sites for hydroxylation is 1. The van der Waals surface area contributed by atoms with Crippen molar-refractivity contribution in [2.45, 2.75) is 46.3 Å². The molecule has 21 heavy (non-hydrogen) atoms. The number of thiophene rings is 1. The Morgan fingerprint density at radius 1 is 1.33 bits per heavy atom. The predicted octanol–water partition coefficient (Wildman–Crippen LogP) is 3.51. The smallest absolute Gasteiger partial charge is 0.129 e. The van der Waals surface area contributed by atoms with E-state index in [1.807, 2.05) is 11.3 Å². The minimum absolute atomic E-state index is 0.503. The number of aromatic nitrogens is 1. The summed E-state index contributed by atoms with van der Waals surface area (Å²) in [5.41, 5.74) is 3.90. The maximum absolute atomic E-state index is 4.82. The van der Waals surface area contributed by atoms with Gasteiger partial charge in [0.2, 0.25) is 0 Å². The Morgan fingerprint density at radius 3 is 2.95 bits per heavy atom. The molecular formula is C17H23N3S. The molecule has 0 saturated heterocycles. The molecule has 1 aliphatic rings. The molecule has 0 bridgehead atoms. The second-order valence-electron chi connectivity index (χ2n) is 5.99. The fraction of sp³-hybridized carbons (Fsp3) is 0.471. The third-order valence-electron chi connectivity index (χ3n) is 4.01. The Bertz CT molecular complexity index is 618. The van der Waals surface area contributed by atoms with Crippen molar-refractivity contribution in [3.63, 3.8) is 0 Å². The molecule has 0 spiro atoms. The van der Waals surface area contributed by atoms with E-state index in [0.717, 1.165) is 37.6 Å². The number of rotatable bonds is 4. The minimum atomic E-state index is 0.503. The van der Waals surface area contributed by atoms with Crippen LogP contribution in [-0.4, -0.2) is 17.6 Å². The van der Waals surface area contributed by atoms with Crippen molar-refractivity contribution in [3.05, 3.63) is 45.3 Å². The van der Waals surface area contributed by atoms with Crippen LogP contribution in [0, 0.1) is 6.92 Å². The van der Waals surface area contributed by atoms with E-state index < -0.39 is 0 Å². The molecule has 0 aromatic carbocycles. The standard InChI is InChI=1S/C17H23N3S/c1-12(2)18-10-14-4-5-17(19-13(14)3)20-8-6-16-15(11-20)7-9-21-16/h4-5,7,9,12,18H,6,8,10-11H2,1-3H3. The summed E-state index contributed by atoms with van der Waals surface area (Å²) in [4.78, 5) is 8.75. The van der Waals surface area contributed by atoms with E-state index in [1.165, 1.54) is 11.1 Å². The first-order valence-electron chi connectivity index (χ1n) is 7.63. The van der Waals surface area contributed by atoms with Crippen LogP contribution in [0.5, 0.6) is 0 Å². The highest BCUT2D eigenvalue weighted by molar-refractivity contribution is 7.10. The SMILES string of the molecule is Cc1nc(N2CCc3sccc3C2)ccc1CNC(C)C. The lowest BCUT2D eigenvalue weighted by molar-refractivity contribution is 0.586. The summed E-state index contributed by atoms with van der Waals surface area (Å²) in [5, 5.41) is 5.66. The average molecular weight is 301 g/mol. The fourth-order valence-electron chi connectivity index (χ4n) is 2.70. The monoisotopic (exact) mass is 301 g/mol. The van der Waals surface area contributed by atoms with E-state index in [1.54, 1.807) is 4.88 Å². The molecule has 0 atom stereocenters. The Balaban J connectivity index is 1.73. The summed E-state index contributed by atoms with van der Waals surface area (Å²) in [5.74, 6) is 1.11. The molecule has 2 aromatic heterocycles. The van der Waals surface area contributed by atoms with Gasteiger partial charge < -0.3 is 10.2 Å². The number of nitrogens with zero attached hydrogens (tertiary/aromatic N) is 2. The number of fused-ring (bicyclic) bond motifs is 1. The highest BCUT2D eigenvalue weighted by Crippen LogP contribution is 2.27. The van der Waals surface area contributed by atoms with Crippen molar-refractivity contribution in [2.75, 3.05) is 11.4 Å². The van der Waals surface area contributed by atoms with Gasteiger partial charge in [0.05, 0.1) is 0 Å². The summed E-state index contributed by atoms with van der Waals surface area (Å²) in [6, 6.07) is 7.14. The van der Waals surface area contributed by atoms with Gasteiger partial charge in [-0.1, -0.05) is 19.9 Å². The van der Waals surface area contributed by atoms with Gasteiger partial charge in [0.25, 0.3) is 0 Å². The number of hydrogen-bond acceptors (Lipinski definition) is 4. The molecular weight excluding hydrogens is 278 g/mol. The largest absolute Gasteiger partial charge is 0.352 e. The summed E-state index contributed by atoms with van der Waals surface area (Å²) >= 11 is 1.88. The van der Waals surface area contributed by atoms with Gasteiger partial charge in [0, 0.05) is 36.2 Å². The Morgan fingerprint density at radius 2 is 2.19 bits per heavy atom. The molecule has 2 aromatic rings. The second kappa shape index (κ2) is 6.16. The summed E-state index contributed by atoms with van der Waals surface area (Å²) < 4.78 is 0. The van der Waals surface area contributed by atoms with Crippen LogP contribution in [0.25, 0.3) is 0 Å². The van der Waals surface area contributed by atoms with E-state index >= 15 is 0 Å². The van der Waals surface area contributed by atoms with Gasteiger partial charge in [0.15, 0.2) is 0 Å². The van der Waals surface area contributed by atoms with Crippen LogP contribution in [0.15, 0.2) is 23.6 Å². The van der Waals surface area contributed by atoms with Crippen molar-refractivity contribution >= 4 is 17.2 Å². The molecule has 112 valence electrons. The van der Waals surface area contributed by atoms with Gasteiger partial charge >= 0.3 is 0 Å². The van der Waals surface area contributed by atoms with Crippen molar-refractivity contribution in [1.29, 1.82) is 0 Å². The van der Waals surface area contributed by atoms with Crippen LogP contribution in [0.2, 0.25) is 0 Å². The van der Waals surface area contributed by atoms with Gasteiger partial charge in [-0.3, -0.25) is 0 Å². The first kappa shape index (κ1) is 14.5. The highest BCUT2D eigenvalue weighted by atomic mass is 32.1. The minimum Gasteiger partial charge on any atom is -0.352 e. The molecule has 0 radical (unpaired) electrons. The lowest BCUT2D eigenvalue weighted by Gasteiger charge is -2.28. The Labute approximate surface area is 131 Å². The van der Waals surface area contributed by atoms with Crippen molar-refractivity contribution in [1.82, 2.24) is 10.3 Å². The van der Waals surface area contributed by atoms with Gasteiger partial charge in [-0.15, -0.1) is 11.3 Å². The van der Waals surface area contributed by atoms with Gasteiger partial charge in [-0.25, -0.2) is 4.98 Å². The zero-order valence-electron chi connectivity index (χ0n) is 13.0. The quantitative estimate of drug-likeness (QED) is 0.936. The predicted molar refractivity (Wildman–Crippen MR) is 90.0 cm³/mol. The van der Waals surface area contributed by atoms with E-state index in [9.17, 15) is 0 Å². The maximum atomic E-state index is 4.82. The summed E-state index contributed by atoms with van der Waals surface area (Å²) in [6.45, 7) is 9.41. The summed E-state index contributed by atoms with van der Waals surface area (Å²) in [7, 11) is 0. The molecule has 0 unspecified atom stereocenters. The van der Waals surface area contributed by atoms with Gasteiger partial charge in [-0.05, 0) is 42.0 Å². The van der Waals surface area contributed by atoms with E-state index in [0.29, 0.717) is 6.04 Å². The zero-order chi connectivity index (χ0) is 14.8. The van der Waals surface area contributed by atoms with Gasteiger partial charge in [-0.2, -0.15) is 0 Å². The lowest BCUT2D eigenvalue weighted by atomic mass is 10.1. The molecule has 3 heterocycles. The van der Waals surface area contributed by atoms with E-state index in [2.05, 4.69) is 54.6 Å². The topological polar surface area (TPSA) is 28.2 Å². The van der Waals surface area contributed by atoms with Gasteiger partial charge in [0.1, 0.15) is 5.82 Å². The van der Waals surface area contributed by atoms with Crippen LogP contribution in [0.4, 0.5) is 5.82 Å². The van der Waals surface area contributed by atoms with E-state index in [4.69, 9.17) is 4.98 Å². The average Bonchev–Trinajstić information content (AvgIpc) is 2.93. The second-order valence-corrected chi connectivity index (χ2v) is 6.99. The fourth-order valence-corrected chi connectivity index (χ4v) is 3.59. The third kappa shape index (κ3) is 3.27. The molecule has 1 aliphatic heterocycles. The van der Waals surface area contributed by atoms with Crippen LogP contribution in [-0.2, 0) is 19.5 Å². The lowest BCUT2D eigenvalue weighted by Crippen LogP contribution is -2.30. The molecule has 0 fully saturated rings. The van der Waals surface area contributed by atoms with Crippen LogP contribution in [0.1, 0.15) is 35.5 Å². The van der Waals surface area contributed by atoms with Crippen molar-refractivity contribution in [2.24, 2.45) is 0 Å². The first-order valence-corrected chi connectivity index (χ1v) is 8.51. The highest BCUT2D eigenvalue weighted by Gasteiger charge is 2.18. The number of nitrogens with one attached hydrogen (secondary N) is 1. The van der Waals surface area contributed by atoms with Crippen molar-refractivity contribution in [3.8, 4) is 0 Å². The van der Waals surface area contributed by atoms with Crippen LogP contribution >= 0.6 is 11.3 Å². The number of pyridine rings is 1. The Kier molecular flexibility index (Phi) is 4.27. The van der Waals surface area contributed by atoms with Crippen LogP contribution < -0.4 is 10.2 Å².